The smallest absolute Gasteiger partial charge is 0.137 e. The molecule has 8 aromatic rings. The first-order valence-electron chi connectivity index (χ1n) is 17.0. The van der Waals surface area contributed by atoms with E-state index in [0.717, 1.165) is 45.3 Å². The number of hydrogen-bond acceptors (Lipinski definition) is 2. The lowest BCUT2D eigenvalue weighted by molar-refractivity contribution is 0.488. The van der Waals surface area contributed by atoms with Crippen LogP contribution >= 0.6 is 0 Å². The lowest BCUT2D eigenvalue weighted by atomic mass is 9.87. The van der Waals surface area contributed by atoms with Gasteiger partial charge in [-0.15, -0.1) is 0 Å². The van der Waals surface area contributed by atoms with Crippen molar-refractivity contribution in [3.8, 4) is 67.1 Å². The number of anilines is 3. The molecule has 0 saturated heterocycles. The maximum absolute atomic E-state index is 6.87. The number of nitrogens with zero attached hydrogens (tertiary/aromatic N) is 1. The fourth-order valence-electron chi connectivity index (χ4n) is 7.15. The molecule has 0 aromatic heterocycles. The minimum absolute atomic E-state index is 0.825. The number of benzene rings is 8. The average molecular weight is 640 g/mol. The second kappa shape index (κ2) is 12.8. The second-order valence-electron chi connectivity index (χ2n) is 12.5. The molecule has 0 saturated carbocycles. The Morgan fingerprint density at radius 2 is 0.720 bits per heavy atom. The molecule has 2 nitrogen and oxygen atoms in total. The lowest BCUT2D eigenvalue weighted by Gasteiger charge is -2.29. The Balaban J connectivity index is 1.27. The highest BCUT2D eigenvalue weighted by Gasteiger charge is 2.28. The summed E-state index contributed by atoms with van der Waals surface area (Å²) in [5, 5.41) is 0. The number of fused-ring (bicyclic) bond motifs is 5. The van der Waals surface area contributed by atoms with Crippen LogP contribution in [-0.2, 0) is 0 Å². The van der Waals surface area contributed by atoms with Gasteiger partial charge in [-0.1, -0.05) is 158 Å². The summed E-state index contributed by atoms with van der Waals surface area (Å²) in [7, 11) is 0. The number of ether oxygens (including phenoxy) is 1. The first-order valence-corrected chi connectivity index (χ1v) is 17.0. The van der Waals surface area contributed by atoms with E-state index in [4.69, 9.17) is 4.74 Å². The maximum Gasteiger partial charge on any atom is 0.137 e. The summed E-state index contributed by atoms with van der Waals surface area (Å²) in [5.74, 6) is 1.67. The predicted octanol–water partition coefficient (Wildman–Crippen LogP) is 13.6. The van der Waals surface area contributed by atoms with Crippen molar-refractivity contribution in [3.05, 3.63) is 200 Å². The molecule has 2 heteroatoms. The normalized spacial score (nSPS) is 11.4. The van der Waals surface area contributed by atoms with E-state index in [-0.39, 0.29) is 0 Å². The van der Waals surface area contributed by atoms with E-state index >= 15 is 0 Å². The van der Waals surface area contributed by atoms with Gasteiger partial charge in [-0.2, -0.15) is 0 Å². The standard InChI is InChI=1S/C48H33NO/c1-4-14-34(15-5-1)36-26-30-39(31-27-36)49(40-32-28-37(29-33-40)35-16-6-2-7-17-35)44-23-13-25-46-48(44)43-22-12-21-41(38-18-8-3-9-19-38)47(43)42-20-10-11-24-45(42)50-46/h1-33H. The van der Waals surface area contributed by atoms with E-state index in [9.17, 15) is 0 Å². The SMILES string of the molecule is c1ccc(-c2ccc(N(c3ccc(-c4ccccc4)cc3)c3cccc4c3-c3cccc(-c5ccccc5)c3-c3ccccc3O4)cc2)cc1. The third-order valence-electron chi connectivity index (χ3n) is 9.51. The number of para-hydroxylation sites is 1. The van der Waals surface area contributed by atoms with Gasteiger partial charge in [0.15, 0.2) is 0 Å². The highest BCUT2D eigenvalue weighted by atomic mass is 16.5. The molecule has 1 aliphatic rings. The predicted molar refractivity (Wildman–Crippen MR) is 208 cm³/mol. The van der Waals surface area contributed by atoms with Crippen molar-refractivity contribution in [2.75, 3.05) is 4.90 Å². The Labute approximate surface area is 293 Å². The Morgan fingerprint density at radius 3 is 1.32 bits per heavy atom. The van der Waals surface area contributed by atoms with Crippen molar-refractivity contribution >= 4 is 17.1 Å². The monoisotopic (exact) mass is 639 g/mol. The van der Waals surface area contributed by atoms with Gasteiger partial charge in [0.1, 0.15) is 11.5 Å². The summed E-state index contributed by atoms with van der Waals surface area (Å²) < 4.78 is 6.87. The Kier molecular flexibility index (Phi) is 7.53. The van der Waals surface area contributed by atoms with Crippen LogP contribution < -0.4 is 9.64 Å². The molecule has 0 unspecified atom stereocenters. The molecule has 8 aromatic carbocycles. The zero-order chi connectivity index (χ0) is 33.3. The molecule has 0 amide bonds. The van der Waals surface area contributed by atoms with E-state index < -0.39 is 0 Å². The van der Waals surface area contributed by atoms with Crippen LogP contribution in [-0.4, -0.2) is 0 Å². The highest BCUT2D eigenvalue weighted by Crippen LogP contribution is 2.54. The van der Waals surface area contributed by atoms with Crippen LogP contribution in [0.15, 0.2) is 200 Å². The van der Waals surface area contributed by atoms with E-state index in [1.165, 1.54) is 38.9 Å². The summed E-state index contributed by atoms with van der Waals surface area (Å²) in [6, 6.07) is 70.9. The zero-order valence-corrected chi connectivity index (χ0v) is 27.4. The molecular weight excluding hydrogens is 607 g/mol. The molecule has 236 valence electrons. The van der Waals surface area contributed by atoms with Crippen molar-refractivity contribution in [3.63, 3.8) is 0 Å². The van der Waals surface area contributed by atoms with Crippen molar-refractivity contribution in [1.29, 1.82) is 0 Å². The van der Waals surface area contributed by atoms with Crippen LogP contribution in [0.5, 0.6) is 11.5 Å². The van der Waals surface area contributed by atoms with Gasteiger partial charge >= 0.3 is 0 Å². The third-order valence-corrected chi connectivity index (χ3v) is 9.51. The molecule has 50 heavy (non-hydrogen) atoms. The summed E-state index contributed by atoms with van der Waals surface area (Å²) in [6.45, 7) is 0. The molecule has 1 heterocycles. The van der Waals surface area contributed by atoms with Gasteiger partial charge < -0.3 is 9.64 Å². The van der Waals surface area contributed by atoms with E-state index in [1.54, 1.807) is 0 Å². The van der Waals surface area contributed by atoms with Crippen LogP contribution in [0.2, 0.25) is 0 Å². The summed E-state index contributed by atoms with van der Waals surface area (Å²) in [6.07, 6.45) is 0. The molecule has 0 atom stereocenters. The van der Waals surface area contributed by atoms with Gasteiger partial charge in [0.25, 0.3) is 0 Å². The topological polar surface area (TPSA) is 12.5 Å². The van der Waals surface area contributed by atoms with Gasteiger partial charge in [0, 0.05) is 28.1 Å². The van der Waals surface area contributed by atoms with Gasteiger partial charge in [-0.3, -0.25) is 0 Å². The quantitative estimate of drug-likeness (QED) is 0.179. The molecule has 0 aliphatic carbocycles. The molecule has 0 bridgehead atoms. The van der Waals surface area contributed by atoms with Crippen LogP contribution in [0, 0.1) is 0 Å². The molecular formula is C48H33NO. The van der Waals surface area contributed by atoms with Crippen LogP contribution in [0.3, 0.4) is 0 Å². The minimum atomic E-state index is 0.825. The van der Waals surface area contributed by atoms with Gasteiger partial charge in [0.05, 0.1) is 5.69 Å². The maximum atomic E-state index is 6.87. The summed E-state index contributed by atoms with van der Waals surface area (Å²) in [5.41, 5.74) is 14.7. The van der Waals surface area contributed by atoms with E-state index in [2.05, 4.69) is 199 Å². The first-order chi connectivity index (χ1) is 24.8. The van der Waals surface area contributed by atoms with Crippen LogP contribution in [0.25, 0.3) is 55.6 Å². The van der Waals surface area contributed by atoms with Crippen molar-refractivity contribution in [1.82, 2.24) is 0 Å². The first kappa shape index (κ1) is 29.5. The fraction of sp³-hybridized carbons (Fsp3) is 0. The Bertz CT molecular complexity index is 2330. The summed E-state index contributed by atoms with van der Waals surface area (Å²) >= 11 is 0. The largest absolute Gasteiger partial charge is 0.456 e. The van der Waals surface area contributed by atoms with Crippen LogP contribution in [0.1, 0.15) is 0 Å². The molecule has 1 aliphatic heterocycles. The molecule has 9 rings (SSSR count). The Morgan fingerprint density at radius 1 is 0.280 bits per heavy atom. The van der Waals surface area contributed by atoms with Gasteiger partial charge in [0.2, 0.25) is 0 Å². The van der Waals surface area contributed by atoms with Crippen LogP contribution in [0.4, 0.5) is 17.1 Å². The number of hydrogen-bond donors (Lipinski definition) is 0. The average Bonchev–Trinajstić information content (AvgIpc) is 3.34. The molecule has 0 N–H and O–H groups in total. The van der Waals surface area contributed by atoms with E-state index in [0.29, 0.717) is 0 Å². The highest BCUT2D eigenvalue weighted by molar-refractivity contribution is 6.03. The number of rotatable bonds is 6. The van der Waals surface area contributed by atoms with Gasteiger partial charge in [-0.25, -0.2) is 0 Å². The molecule has 0 radical (unpaired) electrons. The second-order valence-corrected chi connectivity index (χ2v) is 12.5. The Hall–Kier alpha value is -6.64. The molecule has 0 spiro atoms. The summed E-state index contributed by atoms with van der Waals surface area (Å²) in [4.78, 5) is 2.36. The minimum Gasteiger partial charge on any atom is -0.456 e. The van der Waals surface area contributed by atoms with Crippen molar-refractivity contribution in [2.45, 2.75) is 0 Å². The zero-order valence-electron chi connectivity index (χ0n) is 27.4. The third kappa shape index (κ3) is 5.34. The fourth-order valence-corrected chi connectivity index (χ4v) is 7.15. The van der Waals surface area contributed by atoms with E-state index in [1.807, 2.05) is 6.07 Å². The lowest BCUT2D eigenvalue weighted by Crippen LogP contribution is -2.11. The van der Waals surface area contributed by atoms with Gasteiger partial charge in [-0.05, 0) is 81.4 Å². The molecule has 0 fully saturated rings. The van der Waals surface area contributed by atoms with Crippen molar-refractivity contribution in [2.24, 2.45) is 0 Å². The van der Waals surface area contributed by atoms with Crippen molar-refractivity contribution < 1.29 is 4.74 Å².